The highest BCUT2D eigenvalue weighted by atomic mass is 35.5. The van der Waals surface area contributed by atoms with Crippen LogP contribution in [0, 0.1) is 5.82 Å². The number of thioether (sulfide) groups is 1. The summed E-state index contributed by atoms with van der Waals surface area (Å²) >= 11 is 8.17. The molecule has 0 atom stereocenters. The van der Waals surface area contributed by atoms with E-state index in [1.165, 1.54) is 71.9 Å². The lowest BCUT2D eigenvalue weighted by atomic mass is 10.2. The third-order valence-corrected chi connectivity index (χ3v) is 9.76. The Morgan fingerprint density at radius 2 is 1.38 bits per heavy atom. The van der Waals surface area contributed by atoms with E-state index in [2.05, 4.69) is 29.7 Å². The van der Waals surface area contributed by atoms with Crippen LogP contribution in [0.1, 0.15) is 23.2 Å². The Labute approximate surface area is 330 Å². The van der Waals surface area contributed by atoms with Gasteiger partial charge in [-0.25, -0.2) is 18.9 Å². The normalized spacial score (nSPS) is 12.1. The lowest BCUT2D eigenvalue weighted by Crippen LogP contribution is -2.31. The number of hydrogen-bond donors (Lipinski definition) is 1. The molecule has 56 heavy (non-hydrogen) atoms. The van der Waals surface area contributed by atoms with Gasteiger partial charge in [-0.2, -0.15) is 19.9 Å². The van der Waals surface area contributed by atoms with E-state index in [1.807, 2.05) is 0 Å². The zero-order chi connectivity index (χ0) is 40.4. The maximum atomic E-state index is 14.3. The number of hydrogen-bond acceptors (Lipinski definition) is 17. The number of nitrogens with zero attached hydrogens (tertiary/aromatic N) is 7. The van der Waals surface area contributed by atoms with Crippen LogP contribution in [0.3, 0.4) is 0 Å². The van der Waals surface area contributed by atoms with Gasteiger partial charge in [0.1, 0.15) is 28.6 Å². The molecule has 0 spiro atoms. The summed E-state index contributed by atoms with van der Waals surface area (Å²) in [7, 11) is 6.93. The molecule has 5 aromatic rings. The van der Waals surface area contributed by atoms with Crippen molar-refractivity contribution in [3.63, 3.8) is 0 Å². The van der Waals surface area contributed by atoms with Crippen LogP contribution >= 0.6 is 34.7 Å². The SMILES string of the molecule is COC(=O)CSc1cc(/N=c2\sc(=O)n3n2CCCC3)c(F)cc1Cl.COc1cc(OC)nc(Oc2cccc(Oc3nc(OC)cc(OC)n3)c2C(=O)O)n1. The predicted molar refractivity (Wildman–Crippen MR) is 199 cm³/mol. The lowest BCUT2D eigenvalue weighted by Gasteiger charge is -2.15. The Hall–Kier alpha value is -5.93. The predicted octanol–water partition coefficient (Wildman–Crippen LogP) is 5.38. The molecule has 0 saturated carbocycles. The van der Waals surface area contributed by atoms with E-state index < -0.39 is 17.8 Å². The van der Waals surface area contributed by atoms with E-state index >= 15 is 0 Å². The third kappa shape index (κ3) is 10.2. The van der Waals surface area contributed by atoms with Crippen LogP contribution in [0.2, 0.25) is 5.02 Å². The second kappa shape index (κ2) is 19.1. The van der Waals surface area contributed by atoms with Crippen molar-refractivity contribution in [2.24, 2.45) is 4.99 Å². The lowest BCUT2D eigenvalue weighted by molar-refractivity contribution is -0.137. The topological polar surface area (TPSA) is 210 Å². The smallest absolute Gasteiger partial charge is 0.343 e. The van der Waals surface area contributed by atoms with Crippen molar-refractivity contribution in [3.8, 4) is 47.0 Å². The number of methoxy groups -OCH3 is 5. The van der Waals surface area contributed by atoms with Crippen LogP contribution in [-0.2, 0) is 22.6 Å². The zero-order valence-corrected chi connectivity index (χ0v) is 32.7. The van der Waals surface area contributed by atoms with E-state index in [9.17, 15) is 23.9 Å². The van der Waals surface area contributed by atoms with Gasteiger partial charge in [-0.3, -0.25) is 14.3 Å². The maximum Gasteiger partial charge on any atom is 0.343 e. The summed E-state index contributed by atoms with van der Waals surface area (Å²) in [5.41, 5.74) is -0.224. The molecule has 4 heterocycles. The molecule has 1 aliphatic heterocycles. The first kappa shape index (κ1) is 41.2. The summed E-state index contributed by atoms with van der Waals surface area (Å²) in [5.74, 6) is -1.74. The van der Waals surface area contributed by atoms with Gasteiger partial charge in [0.25, 0.3) is 0 Å². The fourth-order valence-electron chi connectivity index (χ4n) is 4.80. The van der Waals surface area contributed by atoms with E-state index in [0.29, 0.717) is 22.8 Å². The second-order valence-corrected chi connectivity index (χ2v) is 13.3. The summed E-state index contributed by atoms with van der Waals surface area (Å²) in [6.07, 6.45) is 1.90. The number of carbonyl (C=O) groups excluding carboxylic acids is 1. The number of aromatic carboxylic acids is 1. The van der Waals surface area contributed by atoms with Crippen LogP contribution < -0.4 is 38.1 Å². The highest BCUT2D eigenvalue weighted by molar-refractivity contribution is 8.00. The molecule has 0 unspecified atom stereocenters. The van der Waals surface area contributed by atoms with Crippen LogP contribution in [0.5, 0.6) is 47.0 Å². The van der Waals surface area contributed by atoms with Gasteiger partial charge in [-0.05, 0) is 48.4 Å². The Morgan fingerprint density at radius 3 is 1.86 bits per heavy atom. The van der Waals surface area contributed by atoms with Gasteiger partial charge < -0.3 is 38.3 Å². The number of carboxylic acid groups (broad SMARTS) is 1. The molecule has 0 bridgehead atoms. The summed E-state index contributed by atoms with van der Waals surface area (Å²) in [4.78, 5) is 56.6. The molecule has 18 nitrogen and oxygen atoms in total. The average molecular weight is 834 g/mol. The van der Waals surface area contributed by atoms with Gasteiger partial charge in [0.05, 0.1) is 58.5 Å². The summed E-state index contributed by atoms with van der Waals surface area (Å²) in [6, 6.07) is 9.51. The van der Waals surface area contributed by atoms with E-state index in [-0.39, 0.29) is 73.9 Å². The van der Waals surface area contributed by atoms with Crippen molar-refractivity contribution in [2.75, 3.05) is 41.3 Å². The van der Waals surface area contributed by atoms with Crippen molar-refractivity contribution >= 4 is 52.3 Å². The molecule has 1 N–H and O–H groups in total. The number of halogens is 2. The highest BCUT2D eigenvalue weighted by Crippen LogP contribution is 2.35. The number of benzene rings is 2. The van der Waals surface area contributed by atoms with Crippen LogP contribution in [0.25, 0.3) is 0 Å². The van der Waals surface area contributed by atoms with Gasteiger partial charge in [0.15, 0.2) is 0 Å². The number of carbonyl (C=O) groups is 2. The molecule has 0 aliphatic carbocycles. The fraction of sp³-hybridized carbons (Fsp3) is 0.294. The summed E-state index contributed by atoms with van der Waals surface area (Å²) in [6.45, 7) is 1.32. The number of ether oxygens (including phenoxy) is 7. The molecule has 6 rings (SSSR count). The minimum atomic E-state index is -1.32. The maximum absolute atomic E-state index is 14.3. The molecule has 296 valence electrons. The molecule has 22 heteroatoms. The number of carboxylic acids is 1. The first-order valence-corrected chi connectivity index (χ1v) is 18.3. The highest BCUT2D eigenvalue weighted by Gasteiger charge is 2.22. The van der Waals surface area contributed by atoms with Crippen molar-refractivity contribution in [1.82, 2.24) is 29.3 Å². The van der Waals surface area contributed by atoms with Crippen molar-refractivity contribution in [2.45, 2.75) is 30.8 Å². The molecule has 0 amide bonds. The number of esters is 1. The van der Waals surface area contributed by atoms with Crippen molar-refractivity contribution in [1.29, 1.82) is 0 Å². The molecule has 2 aromatic carbocycles. The van der Waals surface area contributed by atoms with Gasteiger partial charge in [0.2, 0.25) is 28.3 Å². The van der Waals surface area contributed by atoms with Crippen LogP contribution in [-0.4, -0.2) is 87.6 Å². The first-order valence-electron chi connectivity index (χ1n) is 16.2. The fourth-order valence-corrected chi connectivity index (χ4v) is 6.78. The minimum Gasteiger partial charge on any atom is -0.481 e. The van der Waals surface area contributed by atoms with Gasteiger partial charge >= 0.3 is 28.8 Å². The largest absolute Gasteiger partial charge is 0.481 e. The minimum absolute atomic E-state index is 0.0605. The van der Waals surface area contributed by atoms with Crippen LogP contribution in [0.4, 0.5) is 10.1 Å². The Bertz CT molecular complexity index is 2240. The van der Waals surface area contributed by atoms with Gasteiger partial charge in [-0.1, -0.05) is 17.7 Å². The quantitative estimate of drug-likeness (QED) is 0.117. The third-order valence-electron chi connectivity index (χ3n) is 7.44. The molecule has 1 aliphatic rings. The molecule has 0 fully saturated rings. The van der Waals surface area contributed by atoms with Crippen LogP contribution in [0.15, 0.2) is 57.1 Å². The van der Waals surface area contributed by atoms with E-state index in [1.54, 1.807) is 9.36 Å². The number of rotatable bonds is 13. The molecule has 0 radical (unpaired) electrons. The monoisotopic (exact) mass is 833 g/mol. The zero-order valence-electron chi connectivity index (χ0n) is 30.3. The molecular weight excluding hydrogens is 801 g/mol. The number of aromatic nitrogens is 6. The summed E-state index contributed by atoms with van der Waals surface area (Å²) in [5, 5.41) is 9.96. The van der Waals surface area contributed by atoms with E-state index in [0.717, 1.165) is 42.0 Å². The Balaban J connectivity index is 0.000000219. The molecule has 0 saturated heterocycles. The second-order valence-electron chi connectivity index (χ2n) is 10.9. The molecule has 3 aromatic heterocycles. The average Bonchev–Trinajstić information content (AvgIpc) is 3.52. The van der Waals surface area contributed by atoms with Gasteiger partial charge in [-0.15, -0.1) is 11.8 Å². The Morgan fingerprint density at radius 1 is 0.857 bits per heavy atom. The molecular formula is C34H33ClFN7O11S2. The number of fused-ring (bicyclic) bond motifs is 1. The summed E-state index contributed by atoms with van der Waals surface area (Å²) < 4.78 is 53.7. The van der Waals surface area contributed by atoms with Gasteiger partial charge in [0, 0.05) is 18.0 Å². The first-order chi connectivity index (χ1) is 27.0. The van der Waals surface area contributed by atoms with Crippen molar-refractivity contribution in [3.05, 3.63) is 73.3 Å². The van der Waals surface area contributed by atoms with E-state index in [4.69, 9.17) is 40.0 Å². The van der Waals surface area contributed by atoms with Crippen molar-refractivity contribution < 1.29 is 52.2 Å². The standard InChI is InChI=1S/C19H18N4O8.C15H15ClFN3O3S2/c1-26-12-8-13(27-2)21-18(20-12)30-10-6-5-7-11(16(10)17(24)25)31-19-22-14(28-3)9-15(23-19)29-4;1-23-13(21)8-24-12-7-11(10(17)6-9(12)16)18-14-19-4-2-3-5-20(19)15(22)25-14/h5-9H,1-4H3,(H,24,25);6-7H,2-5,8H2,1H3/b;18-14-. The Kier molecular flexibility index (Phi) is 14.1.